The summed E-state index contributed by atoms with van der Waals surface area (Å²) in [6.45, 7) is 0. The van der Waals surface area contributed by atoms with Crippen LogP contribution < -0.4 is 10.9 Å². The van der Waals surface area contributed by atoms with Crippen LogP contribution in [0.4, 0.5) is 0 Å². The Hall–Kier alpha value is -2.77. The predicted octanol–water partition coefficient (Wildman–Crippen LogP) is -1.04. The molecule has 0 aromatic carbocycles. The van der Waals surface area contributed by atoms with Crippen LogP contribution in [0.2, 0.25) is 0 Å². The highest BCUT2D eigenvalue weighted by Gasteiger charge is 2.19. The number of nitrogens with zero attached hydrogens (tertiary/aromatic N) is 6. The first-order valence-corrected chi connectivity index (χ1v) is 4.60. The fraction of sp³-hybridized carbons (Fsp3) is 0. The minimum Gasteiger partial charge on any atom is -0.409 e. The SMILES string of the molecule is O=c1c2nc(-c3ccnnn3)cc-2nc1=NO. The molecule has 0 bridgehead atoms. The summed E-state index contributed by atoms with van der Waals surface area (Å²) in [5.74, 6) is 0. The van der Waals surface area contributed by atoms with Crippen molar-refractivity contribution in [1.29, 1.82) is 0 Å². The van der Waals surface area contributed by atoms with Crippen LogP contribution in [0, 0.1) is 0 Å². The van der Waals surface area contributed by atoms with Gasteiger partial charge in [-0.3, -0.25) is 4.79 Å². The van der Waals surface area contributed by atoms with Gasteiger partial charge in [-0.15, -0.1) is 10.2 Å². The van der Waals surface area contributed by atoms with Crippen molar-refractivity contribution in [1.82, 2.24) is 25.4 Å². The summed E-state index contributed by atoms with van der Waals surface area (Å²) in [5, 5.41) is 22.1. The molecule has 8 heteroatoms. The molecule has 1 N–H and O–H groups in total. The van der Waals surface area contributed by atoms with Crippen molar-refractivity contribution in [2.45, 2.75) is 0 Å². The molecule has 3 rings (SSSR count). The molecule has 0 atom stereocenters. The van der Waals surface area contributed by atoms with E-state index in [0.717, 1.165) is 0 Å². The third-order valence-corrected chi connectivity index (χ3v) is 2.25. The van der Waals surface area contributed by atoms with Crippen LogP contribution in [0.5, 0.6) is 0 Å². The van der Waals surface area contributed by atoms with Gasteiger partial charge in [-0.05, 0) is 17.3 Å². The van der Waals surface area contributed by atoms with Crippen LogP contribution >= 0.6 is 0 Å². The van der Waals surface area contributed by atoms with E-state index in [2.05, 4.69) is 30.5 Å². The van der Waals surface area contributed by atoms with E-state index >= 15 is 0 Å². The van der Waals surface area contributed by atoms with E-state index in [0.29, 0.717) is 17.1 Å². The van der Waals surface area contributed by atoms with Crippen molar-refractivity contribution >= 4 is 0 Å². The molecule has 0 aliphatic carbocycles. The lowest BCUT2D eigenvalue weighted by Gasteiger charge is -1.89. The second-order valence-electron chi connectivity index (χ2n) is 3.25. The van der Waals surface area contributed by atoms with Gasteiger partial charge in [-0.25, -0.2) is 9.97 Å². The Kier molecular flexibility index (Phi) is 1.87. The first-order chi connectivity index (χ1) is 8.29. The topological polar surface area (TPSA) is 114 Å². The summed E-state index contributed by atoms with van der Waals surface area (Å²) in [7, 11) is 0. The van der Waals surface area contributed by atoms with Gasteiger partial charge in [0.1, 0.15) is 11.4 Å². The third kappa shape index (κ3) is 1.34. The van der Waals surface area contributed by atoms with Gasteiger partial charge in [0.25, 0.3) is 5.43 Å². The second kappa shape index (κ2) is 3.37. The summed E-state index contributed by atoms with van der Waals surface area (Å²) in [4.78, 5) is 19.5. The first-order valence-electron chi connectivity index (χ1n) is 4.60. The maximum absolute atomic E-state index is 11.6. The van der Waals surface area contributed by atoms with Gasteiger partial charge in [0.2, 0.25) is 5.49 Å². The van der Waals surface area contributed by atoms with Crippen molar-refractivity contribution in [3.05, 3.63) is 34.0 Å². The van der Waals surface area contributed by atoms with Crippen LogP contribution in [-0.4, -0.2) is 30.6 Å². The molecule has 2 aliphatic heterocycles. The Balaban J connectivity index is 2.23. The molecule has 1 aromatic heterocycles. The molecule has 3 heterocycles. The first kappa shape index (κ1) is 9.46. The van der Waals surface area contributed by atoms with Crippen molar-refractivity contribution < 1.29 is 5.21 Å². The summed E-state index contributed by atoms with van der Waals surface area (Å²) in [6, 6.07) is 3.20. The fourth-order valence-corrected chi connectivity index (χ4v) is 1.51. The van der Waals surface area contributed by atoms with Gasteiger partial charge in [0.15, 0.2) is 0 Å². The van der Waals surface area contributed by atoms with Crippen LogP contribution in [0.25, 0.3) is 22.8 Å². The van der Waals surface area contributed by atoms with Crippen molar-refractivity contribution in [3.63, 3.8) is 0 Å². The number of fused-ring (bicyclic) bond motifs is 1. The largest absolute Gasteiger partial charge is 0.409 e. The van der Waals surface area contributed by atoms with Crippen LogP contribution in [0.3, 0.4) is 0 Å². The highest BCUT2D eigenvalue weighted by atomic mass is 16.4. The van der Waals surface area contributed by atoms with E-state index in [1.807, 2.05) is 0 Å². The molecule has 17 heavy (non-hydrogen) atoms. The lowest BCUT2D eigenvalue weighted by molar-refractivity contribution is 0.298. The Morgan fingerprint density at radius 2 is 2.06 bits per heavy atom. The van der Waals surface area contributed by atoms with Gasteiger partial charge in [0, 0.05) is 0 Å². The highest BCUT2D eigenvalue weighted by molar-refractivity contribution is 5.68. The van der Waals surface area contributed by atoms with Crippen molar-refractivity contribution in [2.75, 3.05) is 0 Å². The molecule has 0 amide bonds. The lowest BCUT2D eigenvalue weighted by Crippen LogP contribution is -2.21. The maximum atomic E-state index is 11.6. The smallest absolute Gasteiger partial charge is 0.254 e. The average Bonchev–Trinajstić information content (AvgIpc) is 2.90. The van der Waals surface area contributed by atoms with Gasteiger partial charge in [-0.2, -0.15) is 0 Å². The van der Waals surface area contributed by atoms with E-state index in [9.17, 15) is 4.79 Å². The lowest BCUT2D eigenvalue weighted by atomic mass is 10.3. The molecule has 0 fully saturated rings. The van der Waals surface area contributed by atoms with Crippen LogP contribution in [-0.2, 0) is 0 Å². The molecule has 2 aliphatic rings. The Morgan fingerprint density at radius 1 is 1.18 bits per heavy atom. The molecule has 82 valence electrons. The van der Waals surface area contributed by atoms with Crippen molar-refractivity contribution in [3.8, 4) is 22.8 Å². The van der Waals surface area contributed by atoms with E-state index < -0.39 is 5.43 Å². The molecule has 1 aromatic rings. The molecule has 0 spiro atoms. The van der Waals surface area contributed by atoms with E-state index in [4.69, 9.17) is 5.21 Å². The molecule has 0 unspecified atom stereocenters. The Labute approximate surface area is 93.3 Å². The molecule has 0 radical (unpaired) electrons. The zero-order valence-corrected chi connectivity index (χ0v) is 8.27. The summed E-state index contributed by atoms with van der Waals surface area (Å²) >= 11 is 0. The minimum absolute atomic E-state index is 0.159. The van der Waals surface area contributed by atoms with Gasteiger partial charge in [0.05, 0.1) is 17.6 Å². The number of aromatic nitrogens is 5. The summed E-state index contributed by atoms with van der Waals surface area (Å²) in [6.07, 6.45) is 1.47. The second-order valence-corrected chi connectivity index (χ2v) is 3.25. The molecular weight excluding hydrogens is 224 g/mol. The Bertz CT molecular complexity index is 731. The summed E-state index contributed by atoms with van der Waals surface area (Å²) < 4.78 is 0. The maximum Gasteiger partial charge on any atom is 0.254 e. The van der Waals surface area contributed by atoms with E-state index in [-0.39, 0.29) is 11.2 Å². The fourth-order valence-electron chi connectivity index (χ4n) is 1.51. The quantitative estimate of drug-likeness (QED) is 0.417. The zero-order chi connectivity index (χ0) is 11.8. The molecule has 8 nitrogen and oxygen atoms in total. The van der Waals surface area contributed by atoms with Crippen LogP contribution in [0.15, 0.2) is 28.3 Å². The van der Waals surface area contributed by atoms with E-state index in [1.165, 1.54) is 6.20 Å². The highest BCUT2D eigenvalue weighted by Crippen LogP contribution is 2.21. The number of hydrogen-bond acceptors (Lipinski definition) is 8. The predicted molar refractivity (Wildman–Crippen MR) is 53.5 cm³/mol. The molecule has 0 saturated heterocycles. The Morgan fingerprint density at radius 3 is 2.71 bits per heavy atom. The number of hydrogen-bond donors (Lipinski definition) is 1. The van der Waals surface area contributed by atoms with Crippen LogP contribution in [0.1, 0.15) is 0 Å². The molecular formula is C9H4N6O2. The zero-order valence-electron chi connectivity index (χ0n) is 8.27. The van der Waals surface area contributed by atoms with Gasteiger partial charge in [-0.1, -0.05) is 5.16 Å². The average molecular weight is 228 g/mol. The van der Waals surface area contributed by atoms with Gasteiger partial charge >= 0.3 is 0 Å². The minimum atomic E-state index is -0.504. The normalized spacial score (nSPS) is 12.4. The standard InChI is InChI=1S/C9H4N6O2/c16-8-7-6(12-9(8)14-17)3-5(11-7)4-1-2-10-15-13-4/h1-3,17H. The molecule has 0 saturated carbocycles. The monoisotopic (exact) mass is 228 g/mol. The number of rotatable bonds is 1. The summed E-state index contributed by atoms with van der Waals surface area (Å²) in [5.41, 5.74) is 0.757. The third-order valence-electron chi connectivity index (χ3n) is 2.25. The van der Waals surface area contributed by atoms with Crippen molar-refractivity contribution in [2.24, 2.45) is 5.16 Å². The van der Waals surface area contributed by atoms with E-state index in [1.54, 1.807) is 12.1 Å². The van der Waals surface area contributed by atoms with Gasteiger partial charge < -0.3 is 5.21 Å².